The fourth-order valence-corrected chi connectivity index (χ4v) is 2.42. The van der Waals surface area contributed by atoms with Crippen LogP contribution in [0, 0.1) is 11.8 Å². The predicted molar refractivity (Wildman–Crippen MR) is 67.6 cm³/mol. The summed E-state index contributed by atoms with van der Waals surface area (Å²) in [6.07, 6.45) is 5.11. The zero-order chi connectivity index (χ0) is 13.1. The zero-order valence-corrected chi connectivity index (χ0v) is 11.5. The summed E-state index contributed by atoms with van der Waals surface area (Å²) < 4.78 is 5.31. The molecule has 17 heavy (non-hydrogen) atoms. The fraction of sp³-hybridized carbons (Fsp3) is 0.929. The smallest absolute Gasteiger partial charge is 0.311 e. The summed E-state index contributed by atoms with van der Waals surface area (Å²) in [4.78, 5) is 11.9. The molecule has 0 saturated heterocycles. The van der Waals surface area contributed by atoms with Crippen molar-refractivity contribution in [2.45, 2.75) is 71.5 Å². The summed E-state index contributed by atoms with van der Waals surface area (Å²) in [5.74, 6) is -0.431. The lowest BCUT2D eigenvalue weighted by Crippen LogP contribution is -2.37. The van der Waals surface area contributed by atoms with Crippen molar-refractivity contribution in [3.63, 3.8) is 0 Å². The first-order chi connectivity index (χ1) is 7.81. The maximum Gasteiger partial charge on any atom is 0.311 e. The Kier molecular flexibility index (Phi) is 4.99. The van der Waals surface area contributed by atoms with Gasteiger partial charge in [0.05, 0.1) is 12.0 Å². The summed E-state index contributed by atoms with van der Waals surface area (Å²) >= 11 is 0. The van der Waals surface area contributed by atoms with Crippen molar-refractivity contribution in [1.29, 1.82) is 0 Å². The van der Waals surface area contributed by atoms with E-state index in [1.165, 1.54) is 19.3 Å². The molecule has 1 N–H and O–H groups in total. The standard InChI is InChI=1S/C14H26O3/c1-10(13(16)17-14(2,3)4)12(15)11-8-6-5-7-9-11/h10-12,15H,5-9H2,1-4H3/t10-,12-/m0/s1. The van der Waals surface area contributed by atoms with Crippen molar-refractivity contribution in [2.75, 3.05) is 0 Å². The lowest BCUT2D eigenvalue weighted by Gasteiger charge is -2.31. The van der Waals surface area contributed by atoms with E-state index in [0.717, 1.165) is 12.8 Å². The molecule has 0 unspecified atom stereocenters. The van der Waals surface area contributed by atoms with Crippen LogP contribution in [0.3, 0.4) is 0 Å². The van der Waals surface area contributed by atoms with Crippen LogP contribution in [-0.4, -0.2) is 22.8 Å². The molecular formula is C14H26O3. The zero-order valence-electron chi connectivity index (χ0n) is 11.5. The van der Waals surface area contributed by atoms with E-state index in [0.29, 0.717) is 0 Å². The molecule has 1 rings (SSSR count). The number of rotatable bonds is 3. The predicted octanol–water partition coefficient (Wildman–Crippen LogP) is 2.91. The molecule has 0 heterocycles. The van der Waals surface area contributed by atoms with Gasteiger partial charge >= 0.3 is 5.97 Å². The molecule has 0 radical (unpaired) electrons. The van der Waals surface area contributed by atoms with Crippen molar-refractivity contribution in [3.8, 4) is 0 Å². The SMILES string of the molecule is C[C@H](C(=O)OC(C)(C)C)[C@H](O)C1CCCCC1. The molecule has 0 amide bonds. The highest BCUT2D eigenvalue weighted by atomic mass is 16.6. The third kappa shape index (κ3) is 4.66. The van der Waals surface area contributed by atoms with Crippen molar-refractivity contribution in [1.82, 2.24) is 0 Å². The molecule has 1 saturated carbocycles. The van der Waals surface area contributed by atoms with Crippen LogP contribution in [0.4, 0.5) is 0 Å². The lowest BCUT2D eigenvalue weighted by atomic mass is 9.81. The van der Waals surface area contributed by atoms with Gasteiger partial charge in [0.2, 0.25) is 0 Å². The van der Waals surface area contributed by atoms with Gasteiger partial charge in [-0.05, 0) is 46.5 Å². The molecule has 0 spiro atoms. The maximum absolute atomic E-state index is 11.9. The molecule has 0 bridgehead atoms. The van der Waals surface area contributed by atoms with E-state index in [9.17, 15) is 9.90 Å². The Morgan fingerprint density at radius 2 is 1.76 bits per heavy atom. The molecule has 1 aliphatic rings. The Morgan fingerprint density at radius 3 is 2.24 bits per heavy atom. The number of hydrogen-bond acceptors (Lipinski definition) is 3. The Balaban J connectivity index is 2.50. The molecule has 0 aromatic heterocycles. The quantitative estimate of drug-likeness (QED) is 0.774. The van der Waals surface area contributed by atoms with Gasteiger partial charge in [-0.3, -0.25) is 4.79 Å². The van der Waals surface area contributed by atoms with Crippen LogP contribution in [0.2, 0.25) is 0 Å². The van der Waals surface area contributed by atoms with E-state index in [1.807, 2.05) is 20.8 Å². The van der Waals surface area contributed by atoms with Crippen LogP contribution in [0.25, 0.3) is 0 Å². The lowest BCUT2D eigenvalue weighted by molar-refractivity contribution is -0.164. The second-order valence-corrected chi connectivity index (χ2v) is 6.21. The van der Waals surface area contributed by atoms with E-state index in [1.54, 1.807) is 6.92 Å². The van der Waals surface area contributed by atoms with E-state index in [2.05, 4.69) is 0 Å². The normalized spacial score (nSPS) is 21.9. The minimum atomic E-state index is -0.551. The topological polar surface area (TPSA) is 46.5 Å². The molecule has 0 aromatic rings. The van der Waals surface area contributed by atoms with Gasteiger partial charge in [0.1, 0.15) is 5.60 Å². The number of hydrogen-bond donors (Lipinski definition) is 1. The fourth-order valence-electron chi connectivity index (χ4n) is 2.42. The van der Waals surface area contributed by atoms with E-state index in [4.69, 9.17) is 4.74 Å². The molecule has 100 valence electrons. The van der Waals surface area contributed by atoms with E-state index in [-0.39, 0.29) is 11.9 Å². The van der Waals surface area contributed by atoms with Gasteiger partial charge < -0.3 is 9.84 Å². The summed E-state index contributed by atoms with van der Waals surface area (Å²) in [6.45, 7) is 7.33. The number of aliphatic hydroxyl groups excluding tert-OH is 1. The first kappa shape index (κ1) is 14.5. The van der Waals surface area contributed by atoms with Crippen LogP contribution >= 0.6 is 0 Å². The Bertz CT molecular complexity index is 249. The van der Waals surface area contributed by atoms with Gasteiger partial charge in [-0.25, -0.2) is 0 Å². The third-order valence-electron chi connectivity index (χ3n) is 3.42. The largest absolute Gasteiger partial charge is 0.460 e. The number of carbonyl (C=O) groups is 1. The Hall–Kier alpha value is -0.570. The minimum Gasteiger partial charge on any atom is -0.460 e. The highest BCUT2D eigenvalue weighted by molar-refractivity contribution is 5.73. The molecule has 2 atom stereocenters. The summed E-state index contributed by atoms with van der Waals surface area (Å²) in [7, 11) is 0. The summed E-state index contributed by atoms with van der Waals surface area (Å²) in [5, 5.41) is 10.2. The van der Waals surface area contributed by atoms with Crippen molar-refractivity contribution < 1.29 is 14.6 Å². The van der Waals surface area contributed by atoms with Crippen LogP contribution in [-0.2, 0) is 9.53 Å². The van der Waals surface area contributed by atoms with Crippen LogP contribution in [0.15, 0.2) is 0 Å². The monoisotopic (exact) mass is 242 g/mol. The van der Waals surface area contributed by atoms with Gasteiger partial charge in [0.15, 0.2) is 0 Å². The van der Waals surface area contributed by atoms with Crippen molar-refractivity contribution >= 4 is 5.97 Å². The molecule has 1 fully saturated rings. The second kappa shape index (κ2) is 5.85. The molecule has 3 nitrogen and oxygen atoms in total. The number of carbonyl (C=O) groups excluding carboxylic acids is 1. The third-order valence-corrected chi connectivity index (χ3v) is 3.42. The van der Waals surface area contributed by atoms with Crippen molar-refractivity contribution in [3.05, 3.63) is 0 Å². The Labute approximate surface area is 105 Å². The number of ether oxygens (including phenoxy) is 1. The molecule has 1 aliphatic carbocycles. The maximum atomic E-state index is 11.9. The van der Waals surface area contributed by atoms with Crippen LogP contribution in [0.5, 0.6) is 0 Å². The van der Waals surface area contributed by atoms with E-state index < -0.39 is 17.6 Å². The summed E-state index contributed by atoms with van der Waals surface area (Å²) in [6, 6.07) is 0. The average molecular weight is 242 g/mol. The van der Waals surface area contributed by atoms with Crippen LogP contribution in [0.1, 0.15) is 59.8 Å². The number of aliphatic hydroxyl groups is 1. The van der Waals surface area contributed by atoms with Gasteiger partial charge in [0, 0.05) is 0 Å². The molecule has 0 aromatic carbocycles. The first-order valence-electron chi connectivity index (χ1n) is 6.72. The van der Waals surface area contributed by atoms with Crippen LogP contribution < -0.4 is 0 Å². The second-order valence-electron chi connectivity index (χ2n) is 6.21. The van der Waals surface area contributed by atoms with Crippen molar-refractivity contribution in [2.24, 2.45) is 11.8 Å². The Morgan fingerprint density at radius 1 is 1.24 bits per heavy atom. The molecule has 0 aliphatic heterocycles. The van der Waals surface area contributed by atoms with Gasteiger partial charge in [0.25, 0.3) is 0 Å². The molecule has 3 heteroatoms. The minimum absolute atomic E-state index is 0.270. The van der Waals surface area contributed by atoms with Gasteiger partial charge in [-0.2, -0.15) is 0 Å². The van der Waals surface area contributed by atoms with Gasteiger partial charge in [-0.15, -0.1) is 0 Å². The first-order valence-corrected chi connectivity index (χ1v) is 6.72. The highest BCUT2D eigenvalue weighted by Crippen LogP contribution is 2.30. The average Bonchev–Trinajstić information content (AvgIpc) is 2.26. The summed E-state index contributed by atoms with van der Waals surface area (Å²) in [5.41, 5.74) is -0.475. The number of esters is 1. The molecular weight excluding hydrogens is 216 g/mol. The highest BCUT2D eigenvalue weighted by Gasteiger charge is 2.32. The van der Waals surface area contributed by atoms with Gasteiger partial charge in [-0.1, -0.05) is 19.3 Å². The van der Waals surface area contributed by atoms with E-state index >= 15 is 0 Å².